The Bertz CT molecular complexity index is 2520. The van der Waals surface area contributed by atoms with Crippen LogP contribution in [0.15, 0.2) is 158 Å². The number of nitrogens with zero attached hydrogens (tertiary/aromatic N) is 2. The van der Waals surface area contributed by atoms with E-state index in [4.69, 9.17) is 0 Å². The maximum absolute atomic E-state index is 2.68. The number of fused-ring (bicyclic) bond motifs is 13. The lowest BCUT2D eigenvalue weighted by molar-refractivity contribution is 0.590. The maximum atomic E-state index is 2.67. The Morgan fingerprint density at radius 1 is 0.460 bits per heavy atom. The van der Waals surface area contributed by atoms with Gasteiger partial charge in [-0.1, -0.05) is 142 Å². The second kappa shape index (κ2) is 9.77. The number of rotatable bonds is 1. The summed E-state index contributed by atoms with van der Waals surface area (Å²) in [5.74, 6) is 0. The quantitative estimate of drug-likeness (QED) is 0.181. The predicted molar refractivity (Wildman–Crippen MR) is 215 cm³/mol. The summed E-state index contributed by atoms with van der Waals surface area (Å²) in [5.41, 5.74) is 16.0. The molecule has 0 amide bonds. The highest BCUT2D eigenvalue weighted by Gasteiger charge is 2.56. The molecule has 1 spiro atoms. The van der Waals surface area contributed by atoms with Crippen molar-refractivity contribution in [1.82, 2.24) is 0 Å². The van der Waals surface area contributed by atoms with E-state index in [1.807, 2.05) is 0 Å². The highest BCUT2D eigenvalue weighted by atomic mass is 28.3. The van der Waals surface area contributed by atoms with Gasteiger partial charge in [0, 0.05) is 34.1 Å². The molecule has 0 saturated carbocycles. The van der Waals surface area contributed by atoms with E-state index < -0.39 is 8.07 Å². The first-order valence-electron chi connectivity index (χ1n) is 17.8. The molecule has 0 radical (unpaired) electrons. The minimum atomic E-state index is -2.68. The number of benzene rings is 7. The van der Waals surface area contributed by atoms with E-state index in [1.54, 1.807) is 0 Å². The van der Waals surface area contributed by atoms with Crippen LogP contribution in [0.1, 0.15) is 26.3 Å². The SMILES string of the molecule is CC(C)(C)c1cc2c3c(c1)N1c4ccccc4[Si]4(c5ccccc5-c5ccccc54)c4cccc(c41)B3c1ccccc1N2c1ccccc1. The highest BCUT2D eigenvalue weighted by molar-refractivity contribution is 7.24. The standard InChI is InChI=1S/C46H35BN2Si/c1-46(2,3)30-28-38-44-39(29-30)49-37-23-11-14-26-42(37)50(40-24-12-7-18-32(40)33-19-8-13-25-41(33)50)43-27-15-21-35(45(43)49)47(44)34-20-9-10-22-36(34)48(38)31-16-5-4-6-17-31/h4-29H,1-3H3. The van der Waals surface area contributed by atoms with Gasteiger partial charge in [-0.15, -0.1) is 0 Å². The fourth-order valence-electron chi connectivity index (χ4n) is 9.78. The van der Waals surface area contributed by atoms with Crippen LogP contribution in [0.5, 0.6) is 0 Å². The highest BCUT2D eigenvalue weighted by Crippen LogP contribution is 2.47. The van der Waals surface area contributed by atoms with Crippen molar-refractivity contribution in [2.24, 2.45) is 0 Å². The third-order valence-corrected chi connectivity index (χ3v) is 16.7. The molecule has 0 bridgehead atoms. The van der Waals surface area contributed by atoms with Crippen molar-refractivity contribution in [2.75, 3.05) is 9.80 Å². The molecule has 236 valence electrons. The Kier molecular flexibility index (Phi) is 5.53. The van der Waals surface area contributed by atoms with Crippen molar-refractivity contribution in [1.29, 1.82) is 0 Å². The average molecular weight is 655 g/mol. The van der Waals surface area contributed by atoms with Crippen molar-refractivity contribution < 1.29 is 0 Å². The van der Waals surface area contributed by atoms with Crippen LogP contribution in [0.2, 0.25) is 0 Å². The van der Waals surface area contributed by atoms with Crippen LogP contribution >= 0.6 is 0 Å². The summed E-state index contributed by atoms with van der Waals surface area (Å²) in [6, 6.07) is 60.3. The average Bonchev–Trinajstić information content (AvgIpc) is 3.44. The summed E-state index contributed by atoms with van der Waals surface area (Å²) in [6.07, 6.45) is 0. The van der Waals surface area contributed by atoms with Gasteiger partial charge in [-0.05, 0) is 95.6 Å². The van der Waals surface area contributed by atoms with Gasteiger partial charge >= 0.3 is 0 Å². The zero-order chi connectivity index (χ0) is 33.4. The summed E-state index contributed by atoms with van der Waals surface area (Å²) >= 11 is 0. The first kappa shape index (κ1) is 28.3. The van der Waals surface area contributed by atoms with Gasteiger partial charge in [0.15, 0.2) is 8.07 Å². The zero-order valence-electron chi connectivity index (χ0n) is 28.5. The smallest absolute Gasteiger partial charge is 0.252 e. The van der Waals surface area contributed by atoms with Crippen LogP contribution in [-0.2, 0) is 5.41 Å². The van der Waals surface area contributed by atoms with E-state index >= 15 is 0 Å². The molecule has 7 aromatic rings. The van der Waals surface area contributed by atoms with Gasteiger partial charge in [0.1, 0.15) is 0 Å². The Morgan fingerprint density at radius 2 is 1.00 bits per heavy atom. The van der Waals surface area contributed by atoms with E-state index in [2.05, 4.69) is 188 Å². The van der Waals surface area contributed by atoms with Gasteiger partial charge < -0.3 is 9.80 Å². The molecular formula is C46H35BN2Si. The normalized spacial score (nSPS) is 15.1. The summed E-state index contributed by atoms with van der Waals surface area (Å²) < 4.78 is 0. The number of anilines is 6. The Hall–Kier alpha value is -5.58. The summed E-state index contributed by atoms with van der Waals surface area (Å²) in [4.78, 5) is 5.19. The van der Waals surface area contributed by atoms with E-state index in [0.29, 0.717) is 0 Å². The minimum absolute atomic E-state index is 0.0469. The van der Waals surface area contributed by atoms with Gasteiger partial charge in [-0.3, -0.25) is 0 Å². The van der Waals surface area contributed by atoms with Crippen molar-refractivity contribution in [3.63, 3.8) is 0 Å². The zero-order valence-corrected chi connectivity index (χ0v) is 29.5. The summed E-state index contributed by atoms with van der Waals surface area (Å²) in [6.45, 7) is 7.16. The van der Waals surface area contributed by atoms with Gasteiger partial charge in [0.25, 0.3) is 6.71 Å². The maximum Gasteiger partial charge on any atom is 0.252 e. The van der Waals surface area contributed by atoms with Crippen LogP contribution in [0.25, 0.3) is 11.1 Å². The Labute approximate surface area is 295 Å². The van der Waals surface area contributed by atoms with E-state index in [-0.39, 0.29) is 12.1 Å². The molecule has 4 aliphatic rings. The molecule has 4 heteroatoms. The molecule has 0 N–H and O–H groups in total. The molecule has 0 saturated heterocycles. The van der Waals surface area contributed by atoms with Crippen molar-refractivity contribution >= 4 is 86.0 Å². The van der Waals surface area contributed by atoms with E-state index in [9.17, 15) is 0 Å². The van der Waals surface area contributed by atoms with Crippen molar-refractivity contribution in [2.45, 2.75) is 26.2 Å². The molecule has 4 aliphatic heterocycles. The lowest BCUT2D eigenvalue weighted by Crippen LogP contribution is -2.77. The molecule has 11 rings (SSSR count). The third-order valence-electron chi connectivity index (χ3n) is 11.8. The molecule has 0 aliphatic carbocycles. The summed E-state index contributed by atoms with van der Waals surface area (Å²) in [7, 11) is -2.68. The van der Waals surface area contributed by atoms with Crippen LogP contribution in [0, 0.1) is 0 Å². The molecule has 4 heterocycles. The third kappa shape index (κ3) is 3.39. The summed E-state index contributed by atoms with van der Waals surface area (Å²) in [5, 5.41) is 6.00. The minimum Gasteiger partial charge on any atom is -0.312 e. The molecular weight excluding hydrogens is 619 g/mol. The van der Waals surface area contributed by atoms with Crippen LogP contribution in [-0.4, -0.2) is 14.8 Å². The van der Waals surface area contributed by atoms with Crippen LogP contribution in [0.4, 0.5) is 34.1 Å². The molecule has 0 aromatic heterocycles. The van der Waals surface area contributed by atoms with Crippen molar-refractivity contribution in [3.05, 3.63) is 163 Å². The van der Waals surface area contributed by atoms with Gasteiger partial charge in [0.2, 0.25) is 0 Å². The van der Waals surface area contributed by atoms with Crippen molar-refractivity contribution in [3.8, 4) is 11.1 Å². The molecule has 50 heavy (non-hydrogen) atoms. The lowest BCUT2D eigenvalue weighted by atomic mass is 9.33. The van der Waals surface area contributed by atoms with Gasteiger partial charge in [-0.25, -0.2) is 0 Å². The van der Waals surface area contributed by atoms with E-state index in [0.717, 1.165) is 0 Å². The predicted octanol–water partition coefficient (Wildman–Crippen LogP) is 6.74. The number of para-hydroxylation sites is 4. The molecule has 0 atom stereocenters. The van der Waals surface area contributed by atoms with Gasteiger partial charge in [-0.2, -0.15) is 0 Å². The lowest BCUT2D eigenvalue weighted by Gasteiger charge is -2.50. The fourth-order valence-corrected chi connectivity index (χ4v) is 15.3. The second-order valence-corrected chi connectivity index (χ2v) is 18.9. The van der Waals surface area contributed by atoms with E-state index in [1.165, 1.54) is 87.9 Å². The van der Waals surface area contributed by atoms with Gasteiger partial charge in [0.05, 0.1) is 0 Å². The molecule has 2 nitrogen and oxygen atoms in total. The largest absolute Gasteiger partial charge is 0.312 e. The topological polar surface area (TPSA) is 6.48 Å². The number of hydrogen-bond acceptors (Lipinski definition) is 2. The Morgan fingerprint density at radius 3 is 1.70 bits per heavy atom. The monoisotopic (exact) mass is 654 g/mol. The first-order valence-corrected chi connectivity index (χ1v) is 19.8. The Balaban J connectivity index is 1.32. The molecule has 0 unspecified atom stereocenters. The number of hydrogen-bond donors (Lipinski definition) is 0. The first-order chi connectivity index (χ1) is 24.5. The van der Waals surface area contributed by atoms with Crippen LogP contribution in [0.3, 0.4) is 0 Å². The fraction of sp³-hybridized carbons (Fsp3) is 0.0870. The molecule has 7 aromatic carbocycles. The second-order valence-electron chi connectivity index (χ2n) is 15.3. The molecule has 0 fully saturated rings. The van der Waals surface area contributed by atoms with Crippen LogP contribution < -0.4 is 46.9 Å².